The number of benzene rings is 8. The lowest BCUT2D eigenvalue weighted by Gasteiger charge is -2.30. The molecule has 8 aromatic rings. The van der Waals surface area contributed by atoms with E-state index in [1.807, 2.05) is 24.3 Å². The maximum atomic E-state index is 6.26. The van der Waals surface area contributed by atoms with Crippen molar-refractivity contribution < 1.29 is 4.74 Å². The van der Waals surface area contributed by atoms with Gasteiger partial charge in [0.15, 0.2) is 0 Å². The van der Waals surface area contributed by atoms with E-state index in [-0.39, 0.29) is 5.41 Å². The number of hydrogen-bond donors (Lipinski definition) is 0. The second-order valence-electron chi connectivity index (χ2n) is 14.4. The van der Waals surface area contributed by atoms with E-state index in [1.54, 1.807) is 0 Å². The van der Waals surface area contributed by atoms with Crippen LogP contribution in [0.25, 0.3) is 44.2 Å². The van der Waals surface area contributed by atoms with Crippen LogP contribution in [0.4, 0.5) is 22.7 Å². The Hall–Kier alpha value is -6.71. The average molecular weight is 697 g/mol. The third-order valence-electron chi connectivity index (χ3n) is 10.9. The molecular weight excluding hydrogens is 657 g/mol. The first-order chi connectivity index (χ1) is 26.5. The van der Waals surface area contributed by atoms with Gasteiger partial charge in [-0.25, -0.2) is 0 Å². The summed E-state index contributed by atoms with van der Waals surface area (Å²) >= 11 is 0. The van der Waals surface area contributed by atoms with Crippen LogP contribution in [0.15, 0.2) is 187 Å². The average Bonchev–Trinajstić information content (AvgIpc) is 3.46. The lowest BCUT2D eigenvalue weighted by Crippen LogP contribution is -2.16. The predicted octanol–water partition coefficient (Wildman–Crippen LogP) is 13.9. The topological polar surface area (TPSA) is 24.8 Å². The Morgan fingerprint density at radius 1 is 0.519 bits per heavy atom. The normalized spacial score (nSPS) is 12.6. The molecule has 3 heteroatoms. The summed E-state index contributed by atoms with van der Waals surface area (Å²) in [6, 6.07) is 64.9. The first kappa shape index (κ1) is 33.1. The molecule has 8 aromatic carbocycles. The summed E-state index contributed by atoms with van der Waals surface area (Å²) < 4.78 is 6.26. The quantitative estimate of drug-likeness (QED) is 0.140. The Kier molecular flexibility index (Phi) is 8.40. The van der Waals surface area contributed by atoms with Gasteiger partial charge in [0.1, 0.15) is 18.0 Å². The Labute approximate surface area is 317 Å². The van der Waals surface area contributed by atoms with Gasteiger partial charge in [-0.3, -0.25) is 4.99 Å². The van der Waals surface area contributed by atoms with Crippen LogP contribution in [0.1, 0.15) is 30.5 Å². The maximum Gasteiger partial charge on any atom is 0.146 e. The highest BCUT2D eigenvalue weighted by molar-refractivity contribution is 6.04. The first-order valence-corrected chi connectivity index (χ1v) is 18.5. The molecule has 0 aromatic heterocycles. The molecule has 0 fully saturated rings. The molecule has 0 saturated carbocycles. The summed E-state index contributed by atoms with van der Waals surface area (Å²) in [4.78, 5) is 6.86. The molecule has 0 amide bonds. The Bertz CT molecular complexity index is 2640. The van der Waals surface area contributed by atoms with Crippen LogP contribution < -0.4 is 9.64 Å². The number of hydrogen-bond acceptors (Lipinski definition) is 3. The van der Waals surface area contributed by atoms with Crippen molar-refractivity contribution in [3.63, 3.8) is 0 Å². The maximum absolute atomic E-state index is 6.26. The molecule has 0 N–H and O–H groups in total. The molecular formula is C51H40N2O. The van der Waals surface area contributed by atoms with Gasteiger partial charge in [-0.05, 0) is 99.1 Å². The van der Waals surface area contributed by atoms with Crippen LogP contribution >= 0.6 is 0 Å². The summed E-state index contributed by atoms with van der Waals surface area (Å²) in [6.07, 6.45) is 0. The molecule has 0 radical (unpaired) electrons. The van der Waals surface area contributed by atoms with E-state index in [0.717, 1.165) is 56.0 Å². The molecule has 54 heavy (non-hydrogen) atoms. The molecule has 0 heterocycles. The molecule has 1 aliphatic rings. The zero-order valence-electron chi connectivity index (χ0n) is 30.5. The highest BCUT2D eigenvalue weighted by atomic mass is 16.5. The summed E-state index contributed by atoms with van der Waals surface area (Å²) in [5, 5.41) is 2.11. The highest BCUT2D eigenvalue weighted by Crippen LogP contribution is 2.51. The van der Waals surface area contributed by atoms with E-state index in [2.05, 4.69) is 188 Å². The third kappa shape index (κ3) is 5.75. The Balaban J connectivity index is 1.14. The fourth-order valence-corrected chi connectivity index (χ4v) is 8.17. The minimum absolute atomic E-state index is 0.115. The number of aliphatic imine (C=N–C) groups is 1. The van der Waals surface area contributed by atoms with Gasteiger partial charge < -0.3 is 9.64 Å². The van der Waals surface area contributed by atoms with Crippen molar-refractivity contribution in [3.05, 3.63) is 199 Å². The van der Waals surface area contributed by atoms with Gasteiger partial charge >= 0.3 is 0 Å². The van der Waals surface area contributed by atoms with E-state index >= 15 is 0 Å². The zero-order chi connectivity index (χ0) is 36.6. The van der Waals surface area contributed by atoms with E-state index in [9.17, 15) is 0 Å². The highest BCUT2D eigenvalue weighted by Gasteiger charge is 2.35. The Morgan fingerprint density at radius 3 is 1.93 bits per heavy atom. The number of anilines is 3. The van der Waals surface area contributed by atoms with Crippen LogP contribution in [-0.2, 0) is 12.0 Å². The van der Waals surface area contributed by atoms with E-state index < -0.39 is 0 Å². The fraction of sp³-hybridized carbons (Fsp3) is 0.0784. The van der Waals surface area contributed by atoms with Gasteiger partial charge in [0.25, 0.3) is 0 Å². The van der Waals surface area contributed by atoms with Crippen LogP contribution in [0.5, 0.6) is 5.75 Å². The minimum atomic E-state index is -0.115. The summed E-state index contributed by atoms with van der Waals surface area (Å²) in [5.41, 5.74) is 15.0. The van der Waals surface area contributed by atoms with Gasteiger partial charge in [-0.15, -0.1) is 0 Å². The number of ether oxygens (including phenoxy) is 1. The van der Waals surface area contributed by atoms with Gasteiger partial charge in [0.2, 0.25) is 0 Å². The monoisotopic (exact) mass is 696 g/mol. The predicted molar refractivity (Wildman–Crippen MR) is 227 cm³/mol. The number of rotatable bonds is 9. The molecule has 1 aliphatic carbocycles. The first-order valence-electron chi connectivity index (χ1n) is 18.5. The van der Waals surface area contributed by atoms with E-state index in [0.29, 0.717) is 6.61 Å². The van der Waals surface area contributed by atoms with Crippen LogP contribution in [-0.4, -0.2) is 6.72 Å². The molecule has 9 rings (SSSR count). The number of fused-ring (bicyclic) bond motifs is 4. The van der Waals surface area contributed by atoms with Gasteiger partial charge in [0, 0.05) is 27.7 Å². The lowest BCUT2D eigenvalue weighted by atomic mass is 9.82. The standard InChI is InChI=1S/C51H40N2O/c1-51(2)46-23-12-10-20-43(46)44-30-29-39(33-47(44)51)53(48-24-13-11-19-41(48)36-17-8-5-9-18-36)38-27-25-37(26-28-38)40-21-14-22-45-42(40)31-32-49(50(45)52-3)54-34-35-15-6-4-7-16-35/h4-33H,3,34H2,1-2H3. The summed E-state index contributed by atoms with van der Waals surface area (Å²) in [6.45, 7) is 9.07. The SMILES string of the molecule is C=Nc1c(OCc2ccccc2)ccc2c(-c3ccc(N(c4ccc5c(c4)C(C)(C)c4ccccc4-5)c4ccccc4-c4ccccc4)cc3)cccc12. The summed E-state index contributed by atoms with van der Waals surface area (Å²) in [7, 11) is 0. The van der Waals surface area contributed by atoms with Crippen LogP contribution in [0.2, 0.25) is 0 Å². The smallest absolute Gasteiger partial charge is 0.146 e. The largest absolute Gasteiger partial charge is 0.487 e. The minimum Gasteiger partial charge on any atom is -0.487 e. The molecule has 0 unspecified atom stereocenters. The summed E-state index contributed by atoms with van der Waals surface area (Å²) in [5.74, 6) is 0.724. The molecule has 0 aliphatic heterocycles. The van der Waals surface area contributed by atoms with Gasteiger partial charge in [0.05, 0.1) is 5.69 Å². The van der Waals surface area contributed by atoms with Crippen molar-refractivity contribution in [1.29, 1.82) is 0 Å². The van der Waals surface area contributed by atoms with E-state index in [4.69, 9.17) is 4.74 Å². The van der Waals surface area contributed by atoms with Crippen molar-refractivity contribution >= 4 is 40.2 Å². The van der Waals surface area contributed by atoms with Gasteiger partial charge in [-0.2, -0.15) is 0 Å². The van der Waals surface area contributed by atoms with Crippen molar-refractivity contribution in [2.24, 2.45) is 4.99 Å². The molecule has 3 nitrogen and oxygen atoms in total. The van der Waals surface area contributed by atoms with Crippen molar-refractivity contribution in [3.8, 4) is 39.1 Å². The third-order valence-corrected chi connectivity index (χ3v) is 10.9. The molecule has 0 saturated heterocycles. The molecule has 0 spiro atoms. The van der Waals surface area contributed by atoms with Crippen LogP contribution in [0.3, 0.4) is 0 Å². The van der Waals surface area contributed by atoms with Crippen LogP contribution in [0, 0.1) is 0 Å². The van der Waals surface area contributed by atoms with Crippen molar-refractivity contribution in [2.45, 2.75) is 25.9 Å². The second-order valence-corrected chi connectivity index (χ2v) is 14.4. The van der Waals surface area contributed by atoms with E-state index in [1.165, 1.54) is 33.4 Å². The zero-order valence-corrected chi connectivity index (χ0v) is 30.5. The molecule has 0 bridgehead atoms. The van der Waals surface area contributed by atoms with Crippen molar-refractivity contribution in [1.82, 2.24) is 0 Å². The van der Waals surface area contributed by atoms with Crippen molar-refractivity contribution in [2.75, 3.05) is 4.90 Å². The Morgan fingerprint density at radius 2 is 1.15 bits per heavy atom. The molecule has 0 atom stereocenters. The fourth-order valence-electron chi connectivity index (χ4n) is 8.17. The lowest BCUT2D eigenvalue weighted by molar-refractivity contribution is 0.308. The number of nitrogens with zero attached hydrogens (tertiary/aromatic N) is 2. The molecule has 260 valence electrons. The second kappa shape index (κ2) is 13.7. The van der Waals surface area contributed by atoms with Gasteiger partial charge in [-0.1, -0.05) is 153 Å². The number of para-hydroxylation sites is 1.